The van der Waals surface area contributed by atoms with Crippen molar-refractivity contribution in [3.05, 3.63) is 57.8 Å². The first-order valence-corrected chi connectivity index (χ1v) is 7.59. The minimum Gasteiger partial charge on any atom is -0.311 e. The van der Waals surface area contributed by atoms with Crippen LogP contribution >= 0.6 is 11.3 Å². The summed E-state index contributed by atoms with van der Waals surface area (Å²) in [6, 6.07) is 12.2. The van der Waals surface area contributed by atoms with Crippen LogP contribution in [-0.2, 0) is 19.3 Å². The maximum Gasteiger partial charge on any atom is 0.0151 e. The fraction of sp³-hybridized carbons (Fsp3) is 0.375. The van der Waals surface area contributed by atoms with Gasteiger partial charge < -0.3 is 5.32 Å². The monoisotopic (exact) mass is 257 g/mol. The first-order chi connectivity index (χ1) is 8.81. The van der Waals surface area contributed by atoms with Gasteiger partial charge in [-0.05, 0) is 59.7 Å². The Hall–Kier alpha value is -1.12. The van der Waals surface area contributed by atoms with E-state index in [2.05, 4.69) is 53.3 Å². The average Bonchev–Trinajstić information content (AvgIpc) is 2.96. The van der Waals surface area contributed by atoms with Crippen molar-refractivity contribution in [1.82, 2.24) is 5.32 Å². The molecule has 0 amide bonds. The van der Waals surface area contributed by atoms with Crippen molar-refractivity contribution in [1.29, 1.82) is 0 Å². The third-order valence-electron chi connectivity index (χ3n) is 3.69. The minimum atomic E-state index is 0.555. The lowest BCUT2D eigenvalue weighted by Gasteiger charge is -2.18. The highest BCUT2D eigenvalue weighted by atomic mass is 32.1. The van der Waals surface area contributed by atoms with Crippen molar-refractivity contribution in [3.63, 3.8) is 0 Å². The second-order valence-electron chi connectivity index (χ2n) is 5.28. The molecule has 1 aliphatic carbocycles. The summed E-state index contributed by atoms with van der Waals surface area (Å²) in [6.07, 6.45) is 3.50. The Morgan fingerprint density at radius 2 is 1.94 bits per heavy atom. The molecule has 1 heterocycles. The summed E-state index contributed by atoms with van der Waals surface area (Å²) < 4.78 is 0. The van der Waals surface area contributed by atoms with E-state index in [-0.39, 0.29) is 0 Å². The van der Waals surface area contributed by atoms with E-state index in [9.17, 15) is 0 Å². The molecular weight excluding hydrogens is 238 g/mol. The van der Waals surface area contributed by atoms with E-state index >= 15 is 0 Å². The molecule has 1 N–H and O–H groups in total. The van der Waals surface area contributed by atoms with E-state index in [1.54, 1.807) is 11.3 Å². The second kappa shape index (κ2) is 5.25. The number of hydrogen-bond acceptors (Lipinski definition) is 2. The summed E-state index contributed by atoms with van der Waals surface area (Å²) in [7, 11) is 0. The van der Waals surface area contributed by atoms with Crippen LogP contribution in [0.3, 0.4) is 0 Å². The number of benzene rings is 1. The molecule has 0 saturated heterocycles. The Labute approximate surface area is 113 Å². The van der Waals surface area contributed by atoms with Crippen molar-refractivity contribution < 1.29 is 0 Å². The van der Waals surface area contributed by atoms with Crippen molar-refractivity contribution in [2.24, 2.45) is 0 Å². The molecule has 1 aromatic carbocycles. The fourth-order valence-electron chi connectivity index (χ4n) is 2.90. The molecule has 1 aromatic heterocycles. The van der Waals surface area contributed by atoms with Crippen molar-refractivity contribution >= 4 is 11.3 Å². The van der Waals surface area contributed by atoms with Crippen molar-refractivity contribution in [2.75, 3.05) is 0 Å². The number of nitrogens with one attached hydrogen (secondary N) is 1. The van der Waals surface area contributed by atoms with Crippen LogP contribution in [-0.4, -0.2) is 12.1 Å². The standard InChI is InChI=1S/C16H19NS/c1-12(8-13-6-7-18-11-13)17-16-9-14-4-2-3-5-15(14)10-16/h2-7,11-12,16-17H,8-10H2,1H3. The molecule has 2 aromatic rings. The quantitative estimate of drug-likeness (QED) is 0.885. The minimum absolute atomic E-state index is 0.555. The van der Waals surface area contributed by atoms with E-state index in [4.69, 9.17) is 0 Å². The molecule has 0 radical (unpaired) electrons. The third kappa shape index (κ3) is 2.65. The fourth-order valence-corrected chi connectivity index (χ4v) is 3.58. The summed E-state index contributed by atoms with van der Waals surface area (Å²) in [5, 5.41) is 8.18. The Bertz CT molecular complexity index is 479. The highest BCUT2D eigenvalue weighted by Gasteiger charge is 2.21. The maximum absolute atomic E-state index is 3.77. The molecule has 1 atom stereocenters. The van der Waals surface area contributed by atoms with E-state index in [1.165, 1.54) is 29.5 Å². The molecule has 1 unspecified atom stereocenters. The Morgan fingerprint density at radius 3 is 2.56 bits per heavy atom. The molecule has 0 aliphatic heterocycles. The number of fused-ring (bicyclic) bond motifs is 1. The highest BCUT2D eigenvalue weighted by molar-refractivity contribution is 7.07. The lowest BCUT2D eigenvalue weighted by molar-refractivity contribution is 0.454. The van der Waals surface area contributed by atoms with Crippen LogP contribution in [0.5, 0.6) is 0 Å². The van der Waals surface area contributed by atoms with Crippen molar-refractivity contribution in [2.45, 2.75) is 38.3 Å². The maximum atomic E-state index is 3.77. The van der Waals surface area contributed by atoms with Gasteiger partial charge in [-0.3, -0.25) is 0 Å². The summed E-state index contributed by atoms with van der Waals surface area (Å²) >= 11 is 1.79. The van der Waals surface area contributed by atoms with Gasteiger partial charge >= 0.3 is 0 Å². The summed E-state index contributed by atoms with van der Waals surface area (Å²) in [5.41, 5.74) is 4.51. The van der Waals surface area contributed by atoms with Gasteiger partial charge in [0.1, 0.15) is 0 Å². The van der Waals surface area contributed by atoms with Crippen LogP contribution in [0.25, 0.3) is 0 Å². The van der Waals surface area contributed by atoms with Gasteiger partial charge in [0.2, 0.25) is 0 Å². The van der Waals surface area contributed by atoms with Gasteiger partial charge in [0, 0.05) is 12.1 Å². The predicted molar refractivity (Wildman–Crippen MR) is 78.3 cm³/mol. The van der Waals surface area contributed by atoms with Gasteiger partial charge in [0.25, 0.3) is 0 Å². The van der Waals surface area contributed by atoms with Crippen LogP contribution in [0.1, 0.15) is 23.6 Å². The van der Waals surface area contributed by atoms with Crippen molar-refractivity contribution in [3.8, 4) is 0 Å². The zero-order chi connectivity index (χ0) is 12.4. The van der Waals surface area contributed by atoms with Gasteiger partial charge in [0.05, 0.1) is 0 Å². The molecular formula is C16H19NS. The summed E-state index contributed by atoms with van der Waals surface area (Å²) in [5.74, 6) is 0. The molecule has 1 aliphatic rings. The third-order valence-corrected chi connectivity index (χ3v) is 4.43. The lowest BCUT2D eigenvalue weighted by atomic mass is 10.1. The van der Waals surface area contributed by atoms with Gasteiger partial charge in [-0.15, -0.1) is 0 Å². The average molecular weight is 257 g/mol. The molecule has 0 bridgehead atoms. The van der Waals surface area contributed by atoms with Gasteiger partial charge in [0.15, 0.2) is 0 Å². The normalized spacial score (nSPS) is 16.7. The zero-order valence-corrected chi connectivity index (χ0v) is 11.5. The molecule has 1 nitrogen and oxygen atoms in total. The van der Waals surface area contributed by atoms with Crippen LogP contribution < -0.4 is 5.32 Å². The lowest BCUT2D eigenvalue weighted by Crippen LogP contribution is -2.38. The first-order valence-electron chi connectivity index (χ1n) is 6.65. The van der Waals surface area contributed by atoms with Gasteiger partial charge in [-0.2, -0.15) is 11.3 Å². The van der Waals surface area contributed by atoms with E-state index < -0.39 is 0 Å². The van der Waals surface area contributed by atoms with Crippen LogP contribution in [0, 0.1) is 0 Å². The SMILES string of the molecule is CC(Cc1ccsc1)NC1Cc2ccccc2C1. The largest absolute Gasteiger partial charge is 0.311 e. The zero-order valence-electron chi connectivity index (χ0n) is 10.7. The Morgan fingerprint density at radius 1 is 1.22 bits per heavy atom. The van der Waals surface area contributed by atoms with Gasteiger partial charge in [-0.25, -0.2) is 0 Å². The Kier molecular flexibility index (Phi) is 3.48. The summed E-state index contributed by atoms with van der Waals surface area (Å²) in [4.78, 5) is 0. The van der Waals surface area contributed by atoms with E-state index in [0.717, 1.165) is 6.42 Å². The molecule has 3 rings (SSSR count). The number of rotatable bonds is 4. The molecule has 94 valence electrons. The van der Waals surface area contributed by atoms with Gasteiger partial charge in [-0.1, -0.05) is 24.3 Å². The molecule has 0 saturated carbocycles. The molecule has 0 fully saturated rings. The number of thiophene rings is 1. The Balaban J connectivity index is 1.56. The van der Waals surface area contributed by atoms with E-state index in [0.29, 0.717) is 12.1 Å². The molecule has 0 spiro atoms. The molecule has 2 heteroatoms. The highest BCUT2D eigenvalue weighted by Crippen LogP contribution is 2.22. The smallest absolute Gasteiger partial charge is 0.0151 e. The van der Waals surface area contributed by atoms with Crippen LogP contribution in [0.15, 0.2) is 41.1 Å². The molecule has 18 heavy (non-hydrogen) atoms. The second-order valence-corrected chi connectivity index (χ2v) is 6.06. The predicted octanol–water partition coefficient (Wildman–Crippen LogP) is 3.44. The van der Waals surface area contributed by atoms with Crippen LogP contribution in [0.4, 0.5) is 0 Å². The van der Waals surface area contributed by atoms with E-state index in [1.807, 2.05) is 0 Å². The summed E-state index contributed by atoms with van der Waals surface area (Å²) in [6.45, 7) is 2.29. The topological polar surface area (TPSA) is 12.0 Å². The van der Waals surface area contributed by atoms with Crippen LogP contribution in [0.2, 0.25) is 0 Å². The first kappa shape index (κ1) is 11.9. The number of hydrogen-bond donors (Lipinski definition) is 1.